The molecule has 0 spiro atoms. The van der Waals surface area contributed by atoms with Crippen LogP contribution >= 0.6 is 0 Å². The summed E-state index contributed by atoms with van der Waals surface area (Å²) in [5.74, 6) is -3.78. The fourth-order valence-electron chi connectivity index (χ4n) is 4.85. The number of benzene rings is 3. The molecule has 1 atom stereocenters. The monoisotopic (exact) mass is 543 g/mol. The van der Waals surface area contributed by atoms with Gasteiger partial charge in [-0.05, 0) is 38.5 Å². The topological polar surface area (TPSA) is 108 Å². The fourth-order valence-corrected chi connectivity index (χ4v) is 4.85. The highest BCUT2D eigenvalue weighted by Gasteiger charge is 2.47. The first-order chi connectivity index (χ1) is 19.0. The third-order valence-electron chi connectivity index (χ3n) is 6.67. The number of Topliss-reactive ketones (excluding diaryl/α,β-unsaturated/α-hetero) is 1. The molecule has 0 fully saturated rings. The molecule has 0 saturated carbocycles. The van der Waals surface area contributed by atoms with Gasteiger partial charge < -0.3 is 23.8 Å². The van der Waals surface area contributed by atoms with E-state index in [1.807, 2.05) is 60.7 Å². The van der Waals surface area contributed by atoms with E-state index in [0.29, 0.717) is 22.6 Å². The highest BCUT2D eigenvalue weighted by atomic mass is 16.7. The van der Waals surface area contributed by atoms with Gasteiger partial charge in [-0.15, -0.1) is 0 Å². The quantitative estimate of drug-likeness (QED) is 0.323. The zero-order valence-electron chi connectivity index (χ0n) is 22.6. The van der Waals surface area contributed by atoms with E-state index in [-0.39, 0.29) is 6.54 Å². The molecule has 40 heavy (non-hydrogen) atoms. The molecule has 0 aromatic heterocycles. The van der Waals surface area contributed by atoms with Crippen LogP contribution in [0.3, 0.4) is 0 Å². The maximum atomic E-state index is 13.5. The molecule has 0 N–H and O–H groups in total. The fraction of sp³-hybridized carbons (Fsp3) is 0.290. The van der Waals surface area contributed by atoms with Gasteiger partial charge in [-0.3, -0.25) is 9.59 Å². The van der Waals surface area contributed by atoms with Crippen LogP contribution in [0.1, 0.15) is 54.2 Å². The maximum Gasteiger partial charge on any atom is 0.375 e. The number of esters is 2. The molecule has 0 unspecified atom stereocenters. The molecule has 0 radical (unpaired) electrons. The Bertz CT molecular complexity index is 1440. The Morgan fingerprint density at radius 1 is 0.925 bits per heavy atom. The van der Waals surface area contributed by atoms with Gasteiger partial charge in [-0.2, -0.15) is 0 Å². The van der Waals surface area contributed by atoms with Crippen LogP contribution in [0.4, 0.5) is 0 Å². The number of hydrogen-bond acceptors (Lipinski definition) is 8. The summed E-state index contributed by atoms with van der Waals surface area (Å²) in [6.45, 7) is 4.90. The molecule has 2 aliphatic rings. The molecular weight excluding hydrogens is 514 g/mol. The number of hydrogen-bond donors (Lipinski definition) is 0. The van der Waals surface area contributed by atoms with Gasteiger partial charge in [0.1, 0.15) is 11.6 Å². The van der Waals surface area contributed by atoms with Crippen molar-refractivity contribution in [1.82, 2.24) is 4.90 Å². The zero-order chi connectivity index (χ0) is 28.7. The van der Waals surface area contributed by atoms with Gasteiger partial charge in [-0.1, -0.05) is 60.7 Å². The first-order valence-corrected chi connectivity index (χ1v) is 12.8. The molecule has 9 heteroatoms. The lowest BCUT2D eigenvalue weighted by Crippen LogP contribution is -2.45. The SMILES string of the molecule is COC(=O)[C@H](CC(=O)C(=O)OC(C)(C)C)N1Cc2cc3c(cc2C1=O)OC(c1ccccc1)(c1ccccc1)O3. The largest absolute Gasteiger partial charge is 0.467 e. The number of rotatable bonds is 7. The molecule has 0 bridgehead atoms. The molecule has 3 aromatic rings. The van der Waals surface area contributed by atoms with Crippen LogP contribution in [0.15, 0.2) is 72.8 Å². The van der Waals surface area contributed by atoms with Gasteiger partial charge in [0.25, 0.3) is 5.91 Å². The molecular formula is C31H29NO8. The number of methoxy groups -OCH3 is 1. The van der Waals surface area contributed by atoms with E-state index in [2.05, 4.69) is 0 Å². The lowest BCUT2D eigenvalue weighted by Gasteiger charge is -2.28. The molecule has 0 aliphatic carbocycles. The van der Waals surface area contributed by atoms with Gasteiger partial charge in [-0.25, -0.2) is 9.59 Å². The molecule has 2 heterocycles. The van der Waals surface area contributed by atoms with E-state index in [9.17, 15) is 19.2 Å². The average Bonchev–Trinajstić information content (AvgIpc) is 3.47. The second-order valence-electron chi connectivity index (χ2n) is 10.6. The number of carbonyl (C=O) groups is 4. The highest BCUT2D eigenvalue weighted by molar-refractivity contribution is 6.34. The van der Waals surface area contributed by atoms with E-state index in [4.69, 9.17) is 18.9 Å². The van der Waals surface area contributed by atoms with Crippen LogP contribution in [0, 0.1) is 0 Å². The second kappa shape index (κ2) is 10.1. The number of fused-ring (bicyclic) bond motifs is 2. The van der Waals surface area contributed by atoms with Crippen LogP contribution in [0.2, 0.25) is 0 Å². The summed E-state index contributed by atoms with van der Waals surface area (Å²) >= 11 is 0. The second-order valence-corrected chi connectivity index (χ2v) is 10.6. The number of ketones is 1. The lowest BCUT2D eigenvalue weighted by atomic mass is 9.97. The summed E-state index contributed by atoms with van der Waals surface area (Å²) in [6.07, 6.45) is -0.570. The van der Waals surface area contributed by atoms with Crippen LogP contribution in [-0.2, 0) is 36.2 Å². The van der Waals surface area contributed by atoms with Gasteiger partial charge >= 0.3 is 17.7 Å². The van der Waals surface area contributed by atoms with E-state index < -0.39 is 47.5 Å². The smallest absolute Gasteiger partial charge is 0.375 e. The van der Waals surface area contributed by atoms with Crippen molar-refractivity contribution in [2.24, 2.45) is 0 Å². The summed E-state index contributed by atoms with van der Waals surface area (Å²) in [4.78, 5) is 52.3. The Balaban J connectivity index is 1.43. The van der Waals surface area contributed by atoms with Gasteiger partial charge in [0.05, 0.1) is 7.11 Å². The Kier molecular flexibility index (Phi) is 6.83. The zero-order valence-corrected chi connectivity index (χ0v) is 22.6. The molecule has 0 saturated heterocycles. The van der Waals surface area contributed by atoms with Crippen molar-refractivity contribution in [3.05, 3.63) is 95.1 Å². The third kappa shape index (κ3) is 4.90. The van der Waals surface area contributed by atoms with E-state index in [0.717, 1.165) is 18.2 Å². The molecule has 1 amide bonds. The van der Waals surface area contributed by atoms with E-state index >= 15 is 0 Å². The minimum absolute atomic E-state index is 0.00977. The Hall–Kier alpha value is -4.66. The number of ether oxygens (including phenoxy) is 4. The van der Waals surface area contributed by atoms with Crippen molar-refractivity contribution < 1.29 is 38.1 Å². The number of nitrogens with zero attached hydrogens (tertiary/aromatic N) is 1. The van der Waals surface area contributed by atoms with Crippen LogP contribution in [0.25, 0.3) is 0 Å². The normalized spacial score (nSPS) is 15.8. The van der Waals surface area contributed by atoms with Crippen molar-refractivity contribution in [2.45, 2.75) is 51.2 Å². The summed E-state index contributed by atoms with van der Waals surface area (Å²) in [5, 5.41) is 0. The predicted molar refractivity (Wildman–Crippen MR) is 143 cm³/mol. The Morgan fingerprint density at radius 2 is 1.48 bits per heavy atom. The van der Waals surface area contributed by atoms with Gasteiger partial charge in [0, 0.05) is 29.7 Å². The number of amides is 1. The van der Waals surface area contributed by atoms with Crippen molar-refractivity contribution in [2.75, 3.05) is 7.11 Å². The molecule has 9 nitrogen and oxygen atoms in total. The average molecular weight is 544 g/mol. The molecule has 206 valence electrons. The standard InChI is InChI=1S/C31H29NO8/c1-30(2,3)40-29(36)24(33)17-23(28(35)37-4)32-18-19-15-25-26(16-22(19)27(32)34)39-31(38-25,20-11-7-5-8-12-20)21-13-9-6-10-14-21/h5-16,23H,17-18H2,1-4H3/t23-/m0/s1. The van der Waals surface area contributed by atoms with Crippen LogP contribution < -0.4 is 9.47 Å². The first kappa shape index (κ1) is 26.9. The van der Waals surface area contributed by atoms with Crippen molar-refractivity contribution >= 4 is 23.6 Å². The Morgan fingerprint density at radius 3 is 2.00 bits per heavy atom. The van der Waals surface area contributed by atoms with Crippen LogP contribution in [0.5, 0.6) is 11.5 Å². The summed E-state index contributed by atoms with van der Waals surface area (Å²) in [7, 11) is 1.16. The first-order valence-electron chi connectivity index (χ1n) is 12.8. The highest BCUT2D eigenvalue weighted by Crippen LogP contribution is 2.49. The summed E-state index contributed by atoms with van der Waals surface area (Å²) in [5.41, 5.74) is 1.55. The van der Waals surface area contributed by atoms with Crippen molar-refractivity contribution in [3.8, 4) is 11.5 Å². The minimum atomic E-state index is -1.31. The molecule has 2 aliphatic heterocycles. The van der Waals surface area contributed by atoms with Crippen LogP contribution in [-0.4, -0.2) is 47.3 Å². The van der Waals surface area contributed by atoms with Gasteiger partial charge in [0.2, 0.25) is 5.78 Å². The third-order valence-corrected chi connectivity index (χ3v) is 6.67. The summed E-state index contributed by atoms with van der Waals surface area (Å²) < 4.78 is 22.9. The number of carbonyl (C=O) groups excluding carboxylic acids is 4. The predicted octanol–water partition coefficient (Wildman–Crippen LogP) is 4.16. The molecule has 3 aromatic carbocycles. The van der Waals surface area contributed by atoms with Gasteiger partial charge in [0.15, 0.2) is 11.5 Å². The van der Waals surface area contributed by atoms with Crippen molar-refractivity contribution in [3.63, 3.8) is 0 Å². The van der Waals surface area contributed by atoms with E-state index in [1.165, 1.54) is 4.90 Å². The van der Waals surface area contributed by atoms with Crippen molar-refractivity contribution in [1.29, 1.82) is 0 Å². The minimum Gasteiger partial charge on any atom is -0.467 e. The Labute approximate surface area is 231 Å². The maximum absolute atomic E-state index is 13.5. The van der Waals surface area contributed by atoms with E-state index in [1.54, 1.807) is 32.9 Å². The summed E-state index contributed by atoms with van der Waals surface area (Å²) in [6, 6.07) is 21.0. The molecule has 5 rings (SSSR count). The lowest BCUT2D eigenvalue weighted by molar-refractivity contribution is -0.163.